The molecule has 9 heteroatoms. The van der Waals surface area contributed by atoms with E-state index in [9.17, 15) is 4.79 Å². The fourth-order valence-corrected chi connectivity index (χ4v) is 3.26. The number of ether oxygens (including phenoxy) is 1. The zero-order chi connectivity index (χ0) is 21.1. The Morgan fingerprint density at radius 2 is 2.17 bits per heavy atom. The lowest BCUT2D eigenvalue weighted by Gasteiger charge is -2.11. The third-order valence-electron chi connectivity index (χ3n) is 4.71. The fourth-order valence-electron chi connectivity index (χ4n) is 3.26. The lowest BCUT2D eigenvalue weighted by atomic mass is 10.1. The third kappa shape index (κ3) is 4.09. The van der Waals surface area contributed by atoms with E-state index in [1.807, 2.05) is 55.3 Å². The molecule has 3 aromatic heterocycles. The topological polar surface area (TPSA) is 100 Å². The van der Waals surface area contributed by atoms with Gasteiger partial charge in [0.2, 0.25) is 0 Å². The van der Waals surface area contributed by atoms with Crippen molar-refractivity contribution in [1.29, 1.82) is 0 Å². The van der Waals surface area contributed by atoms with Gasteiger partial charge in [-0.15, -0.1) is 0 Å². The van der Waals surface area contributed by atoms with Crippen LogP contribution < -0.4 is 10.1 Å². The SMILES string of the molecule is COc1ccc(CNC(=O)c2cc(-c3cn(C)nc3C)on2)cc1Cn1cccn1. The second-order valence-electron chi connectivity index (χ2n) is 6.91. The molecule has 4 rings (SSSR count). The zero-order valence-electron chi connectivity index (χ0n) is 17.0. The van der Waals surface area contributed by atoms with Gasteiger partial charge in [-0.2, -0.15) is 10.2 Å². The van der Waals surface area contributed by atoms with Gasteiger partial charge in [0.1, 0.15) is 5.75 Å². The minimum absolute atomic E-state index is 0.221. The predicted molar refractivity (Wildman–Crippen MR) is 109 cm³/mol. The number of hydrogen-bond donors (Lipinski definition) is 1. The van der Waals surface area contributed by atoms with Crippen molar-refractivity contribution in [3.8, 4) is 17.1 Å². The van der Waals surface area contributed by atoms with Gasteiger partial charge in [0, 0.05) is 43.8 Å². The first-order valence-electron chi connectivity index (χ1n) is 9.42. The Hall–Kier alpha value is -3.88. The van der Waals surface area contributed by atoms with E-state index in [4.69, 9.17) is 9.26 Å². The smallest absolute Gasteiger partial charge is 0.273 e. The van der Waals surface area contributed by atoms with Crippen LogP contribution in [-0.2, 0) is 20.1 Å². The van der Waals surface area contributed by atoms with E-state index in [0.717, 1.165) is 28.1 Å². The average Bonchev–Trinajstić information content (AvgIpc) is 3.48. The Bertz CT molecular complexity index is 1160. The molecular weight excluding hydrogens is 384 g/mol. The molecule has 0 aliphatic heterocycles. The quantitative estimate of drug-likeness (QED) is 0.506. The minimum Gasteiger partial charge on any atom is -0.496 e. The van der Waals surface area contributed by atoms with Crippen molar-refractivity contribution in [1.82, 2.24) is 30.0 Å². The number of nitrogens with one attached hydrogen (secondary N) is 1. The van der Waals surface area contributed by atoms with E-state index in [0.29, 0.717) is 18.8 Å². The molecule has 30 heavy (non-hydrogen) atoms. The largest absolute Gasteiger partial charge is 0.496 e. The Kier molecular flexibility index (Phi) is 5.34. The summed E-state index contributed by atoms with van der Waals surface area (Å²) in [5.74, 6) is 0.973. The molecule has 0 aliphatic carbocycles. The number of rotatable bonds is 7. The number of benzene rings is 1. The molecule has 0 fully saturated rings. The zero-order valence-corrected chi connectivity index (χ0v) is 17.0. The molecular formula is C21H22N6O3. The summed E-state index contributed by atoms with van der Waals surface area (Å²) in [5, 5.41) is 15.3. The van der Waals surface area contributed by atoms with Crippen molar-refractivity contribution in [3.05, 3.63) is 71.4 Å². The Balaban J connectivity index is 1.44. The van der Waals surface area contributed by atoms with Crippen LogP contribution >= 0.6 is 0 Å². The first kappa shape index (κ1) is 19.4. The number of amides is 1. The summed E-state index contributed by atoms with van der Waals surface area (Å²) in [6.45, 7) is 2.81. The van der Waals surface area contributed by atoms with Crippen molar-refractivity contribution in [2.45, 2.75) is 20.0 Å². The highest BCUT2D eigenvalue weighted by Crippen LogP contribution is 2.23. The molecule has 3 heterocycles. The minimum atomic E-state index is -0.309. The maximum atomic E-state index is 12.5. The van der Waals surface area contributed by atoms with Crippen LogP contribution in [0.15, 0.2) is 53.4 Å². The van der Waals surface area contributed by atoms with Crippen molar-refractivity contribution < 1.29 is 14.1 Å². The molecule has 1 aromatic carbocycles. The van der Waals surface area contributed by atoms with Crippen LogP contribution in [0.2, 0.25) is 0 Å². The van der Waals surface area contributed by atoms with Crippen molar-refractivity contribution in [3.63, 3.8) is 0 Å². The highest BCUT2D eigenvalue weighted by molar-refractivity contribution is 5.93. The van der Waals surface area contributed by atoms with Gasteiger partial charge in [-0.25, -0.2) is 0 Å². The molecule has 0 bridgehead atoms. The maximum absolute atomic E-state index is 12.5. The molecule has 1 N–H and O–H groups in total. The first-order chi connectivity index (χ1) is 14.5. The van der Waals surface area contributed by atoms with Gasteiger partial charge < -0.3 is 14.6 Å². The van der Waals surface area contributed by atoms with Crippen LogP contribution in [0.1, 0.15) is 27.3 Å². The van der Waals surface area contributed by atoms with E-state index in [-0.39, 0.29) is 11.6 Å². The number of aryl methyl sites for hydroxylation is 2. The first-order valence-corrected chi connectivity index (χ1v) is 9.42. The van der Waals surface area contributed by atoms with Gasteiger partial charge in [0.15, 0.2) is 11.5 Å². The van der Waals surface area contributed by atoms with Gasteiger partial charge in [-0.3, -0.25) is 14.2 Å². The normalized spacial score (nSPS) is 10.9. The molecule has 0 aliphatic rings. The van der Waals surface area contributed by atoms with E-state index in [2.05, 4.69) is 20.7 Å². The summed E-state index contributed by atoms with van der Waals surface area (Å²) in [4.78, 5) is 12.5. The summed E-state index contributed by atoms with van der Waals surface area (Å²) >= 11 is 0. The number of aromatic nitrogens is 5. The van der Waals surface area contributed by atoms with Crippen LogP contribution in [-0.4, -0.2) is 37.7 Å². The summed E-state index contributed by atoms with van der Waals surface area (Å²) in [6.07, 6.45) is 5.45. The molecule has 0 radical (unpaired) electrons. The monoisotopic (exact) mass is 406 g/mol. The summed E-state index contributed by atoms with van der Waals surface area (Å²) < 4.78 is 14.3. The van der Waals surface area contributed by atoms with E-state index >= 15 is 0 Å². The van der Waals surface area contributed by atoms with Crippen LogP contribution in [0.5, 0.6) is 5.75 Å². The molecule has 9 nitrogen and oxygen atoms in total. The summed E-state index contributed by atoms with van der Waals surface area (Å²) in [7, 11) is 3.46. The standard InChI is InChI=1S/C21H22N6O3/c1-14-17(13-26(2)24-14)20-10-18(25-30-20)21(28)22-11-15-5-6-19(29-3)16(9-15)12-27-8-4-7-23-27/h4-10,13H,11-12H2,1-3H3,(H,22,28). The number of nitrogens with zero attached hydrogens (tertiary/aromatic N) is 5. The summed E-state index contributed by atoms with van der Waals surface area (Å²) in [5.41, 5.74) is 3.76. The molecule has 0 spiro atoms. The van der Waals surface area contributed by atoms with Crippen LogP contribution in [0.3, 0.4) is 0 Å². The van der Waals surface area contributed by atoms with Crippen molar-refractivity contribution >= 4 is 5.91 Å². The molecule has 0 saturated heterocycles. The maximum Gasteiger partial charge on any atom is 0.273 e. The van der Waals surface area contributed by atoms with Gasteiger partial charge in [0.05, 0.1) is 24.9 Å². The Morgan fingerprint density at radius 3 is 2.87 bits per heavy atom. The van der Waals surface area contributed by atoms with Crippen LogP contribution in [0.4, 0.5) is 0 Å². The third-order valence-corrected chi connectivity index (χ3v) is 4.71. The molecule has 1 amide bonds. The van der Waals surface area contributed by atoms with Gasteiger partial charge in [-0.1, -0.05) is 11.2 Å². The van der Waals surface area contributed by atoms with E-state index < -0.39 is 0 Å². The Morgan fingerprint density at radius 1 is 1.30 bits per heavy atom. The molecule has 4 aromatic rings. The number of carbonyl (C=O) groups excluding carboxylic acids is 1. The highest BCUT2D eigenvalue weighted by Gasteiger charge is 2.16. The predicted octanol–water partition coefficient (Wildman–Crippen LogP) is 2.57. The number of carbonyl (C=O) groups is 1. The van der Waals surface area contributed by atoms with Crippen molar-refractivity contribution in [2.75, 3.05) is 7.11 Å². The van der Waals surface area contributed by atoms with Crippen molar-refractivity contribution in [2.24, 2.45) is 7.05 Å². The second-order valence-corrected chi connectivity index (χ2v) is 6.91. The van der Waals surface area contributed by atoms with Crippen LogP contribution in [0, 0.1) is 6.92 Å². The van der Waals surface area contributed by atoms with E-state index in [1.165, 1.54) is 0 Å². The fraction of sp³-hybridized carbons (Fsp3) is 0.238. The lowest BCUT2D eigenvalue weighted by molar-refractivity contribution is 0.0942. The van der Waals surface area contributed by atoms with Gasteiger partial charge in [0.25, 0.3) is 5.91 Å². The average molecular weight is 406 g/mol. The molecule has 0 saturated carbocycles. The Labute approximate surface area is 173 Å². The lowest BCUT2D eigenvalue weighted by Crippen LogP contribution is -2.23. The number of hydrogen-bond acceptors (Lipinski definition) is 6. The van der Waals surface area contributed by atoms with Gasteiger partial charge in [-0.05, 0) is 30.7 Å². The van der Waals surface area contributed by atoms with Crippen LogP contribution in [0.25, 0.3) is 11.3 Å². The highest BCUT2D eigenvalue weighted by atomic mass is 16.5. The molecule has 0 unspecified atom stereocenters. The van der Waals surface area contributed by atoms with E-state index in [1.54, 1.807) is 24.1 Å². The summed E-state index contributed by atoms with van der Waals surface area (Å²) in [6, 6.07) is 9.29. The number of methoxy groups -OCH3 is 1. The molecule has 154 valence electrons. The molecule has 0 atom stereocenters. The second kappa shape index (κ2) is 8.24. The van der Waals surface area contributed by atoms with Gasteiger partial charge >= 0.3 is 0 Å².